The smallest absolute Gasteiger partial charge is 0.274 e. The molecular weight excluding hydrogens is 284 g/mol. The first-order valence-corrected chi connectivity index (χ1v) is 6.73. The van der Waals surface area contributed by atoms with Crippen molar-refractivity contribution >= 4 is 17.3 Å². The lowest BCUT2D eigenvalue weighted by Gasteiger charge is -2.09. The van der Waals surface area contributed by atoms with Crippen molar-refractivity contribution in [1.29, 1.82) is 0 Å². The summed E-state index contributed by atoms with van der Waals surface area (Å²) < 4.78 is 5.33. The van der Waals surface area contributed by atoms with Crippen molar-refractivity contribution in [3.8, 4) is 0 Å². The molecule has 0 saturated heterocycles. The van der Waals surface area contributed by atoms with E-state index < -0.39 is 4.92 Å². The van der Waals surface area contributed by atoms with Crippen molar-refractivity contribution in [1.82, 2.24) is 0 Å². The lowest BCUT2D eigenvalue weighted by molar-refractivity contribution is -0.385. The Hall–Kier alpha value is -2.73. The Labute approximate surface area is 127 Å². The molecule has 2 rings (SSSR count). The Bertz CT molecular complexity index is 671. The van der Waals surface area contributed by atoms with Gasteiger partial charge in [0, 0.05) is 6.07 Å². The second-order valence-corrected chi connectivity index (χ2v) is 4.73. The van der Waals surface area contributed by atoms with Crippen molar-refractivity contribution < 1.29 is 14.5 Å². The van der Waals surface area contributed by atoms with Gasteiger partial charge in [-0.15, -0.1) is 0 Å². The second kappa shape index (κ2) is 7.33. The summed E-state index contributed by atoms with van der Waals surface area (Å²) in [4.78, 5) is 22.2. The van der Waals surface area contributed by atoms with Gasteiger partial charge in [-0.3, -0.25) is 14.9 Å². The first-order chi connectivity index (χ1) is 10.6. The molecule has 0 radical (unpaired) electrons. The molecule has 0 heterocycles. The fraction of sp³-hybridized carbons (Fsp3) is 0.188. The van der Waals surface area contributed by atoms with E-state index >= 15 is 0 Å². The van der Waals surface area contributed by atoms with E-state index in [-0.39, 0.29) is 18.2 Å². The Morgan fingerprint density at radius 3 is 2.59 bits per heavy atom. The molecule has 22 heavy (non-hydrogen) atoms. The maximum absolute atomic E-state index is 11.8. The lowest BCUT2D eigenvalue weighted by atomic mass is 10.1. The molecule has 0 aliphatic heterocycles. The van der Waals surface area contributed by atoms with E-state index in [2.05, 4.69) is 5.32 Å². The summed E-state index contributed by atoms with van der Waals surface area (Å²) in [6.07, 6.45) is 0. The van der Waals surface area contributed by atoms with Gasteiger partial charge in [-0.2, -0.15) is 0 Å². The first-order valence-electron chi connectivity index (χ1n) is 6.73. The molecule has 0 spiro atoms. The Kier molecular flexibility index (Phi) is 5.21. The van der Waals surface area contributed by atoms with Gasteiger partial charge in [0.15, 0.2) is 0 Å². The number of amides is 1. The number of nitro groups is 1. The van der Waals surface area contributed by atoms with Crippen LogP contribution in [0.3, 0.4) is 0 Å². The minimum Gasteiger partial charge on any atom is -0.367 e. The van der Waals surface area contributed by atoms with Crippen molar-refractivity contribution in [3.63, 3.8) is 0 Å². The van der Waals surface area contributed by atoms with E-state index in [0.717, 1.165) is 5.56 Å². The third-order valence-corrected chi connectivity index (χ3v) is 3.12. The van der Waals surface area contributed by atoms with Crippen LogP contribution in [-0.2, 0) is 16.1 Å². The fourth-order valence-electron chi connectivity index (χ4n) is 1.98. The molecule has 0 aliphatic rings. The fourth-order valence-corrected chi connectivity index (χ4v) is 1.98. The number of hydrogen-bond donors (Lipinski definition) is 1. The third kappa shape index (κ3) is 4.13. The molecule has 0 saturated carbocycles. The topological polar surface area (TPSA) is 81.5 Å². The molecule has 1 N–H and O–H groups in total. The minimum absolute atomic E-state index is 0.0250. The highest BCUT2D eigenvalue weighted by Gasteiger charge is 2.14. The number of nitrogens with one attached hydrogen (secondary N) is 1. The molecule has 6 heteroatoms. The summed E-state index contributed by atoms with van der Waals surface area (Å²) in [5, 5.41) is 13.5. The van der Waals surface area contributed by atoms with Crippen molar-refractivity contribution in [2.45, 2.75) is 13.5 Å². The van der Waals surface area contributed by atoms with E-state index in [1.165, 1.54) is 12.1 Å². The molecule has 2 aromatic rings. The van der Waals surface area contributed by atoms with E-state index in [1.807, 2.05) is 30.3 Å². The number of hydrogen-bond acceptors (Lipinski definition) is 4. The van der Waals surface area contributed by atoms with Crippen LogP contribution in [0.5, 0.6) is 0 Å². The molecule has 0 atom stereocenters. The summed E-state index contributed by atoms with van der Waals surface area (Å²) in [7, 11) is 0. The number of rotatable bonds is 6. The van der Waals surface area contributed by atoms with E-state index in [1.54, 1.807) is 13.0 Å². The molecule has 6 nitrogen and oxygen atoms in total. The van der Waals surface area contributed by atoms with Gasteiger partial charge in [-0.25, -0.2) is 0 Å². The van der Waals surface area contributed by atoms with E-state index in [0.29, 0.717) is 17.9 Å². The van der Waals surface area contributed by atoms with Gasteiger partial charge in [0.2, 0.25) is 5.91 Å². The maximum atomic E-state index is 11.8. The molecule has 0 aliphatic carbocycles. The summed E-state index contributed by atoms with van der Waals surface area (Å²) in [6.45, 7) is 1.82. The van der Waals surface area contributed by atoms with Crippen LogP contribution in [0, 0.1) is 17.0 Å². The molecule has 0 bridgehead atoms. The summed E-state index contributed by atoms with van der Waals surface area (Å²) in [5.41, 5.74) is 1.79. The van der Waals surface area contributed by atoms with Crippen molar-refractivity contribution in [2.75, 3.05) is 11.9 Å². The summed E-state index contributed by atoms with van der Waals surface area (Å²) in [6, 6.07) is 14.1. The zero-order valence-electron chi connectivity index (χ0n) is 12.1. The lowest BCUT2D eigenvalue weighted by Crippen LogP contribution is -2.19. The molecule has 0 fully saturated rings. The van der Waals surface area contributed by atoms with Crippen molar-refractivity contribution in [3.05, 3.63) is 69.8 Å². The van der Waals surface area contributed by atoms with Crippen LogP contribution in [0.2, 0.25) is 0 Å². The highest BCUT2D eigenvalue weighted by Crippen LogP contribution is 2.24. The van der Waals surface area contributed by atoms with Crippen LogP contribution in [0.1, 0.15) is 11.1 Å². The average Bonchev–Trinajstić information content (AvgIpc) is 2.50. The Balaban J connectivity index is 1.90. The highest BCUT2D eigenvalue weighted by atomic mass is 16.6. The Morgan fingerprint density at radius 1 is 1.18 bits per heavy atom. The number of benzene rings is 2. The number of carbonyl (C=O) groups excluding carboxylic acids is 1. The van der Waals surface area contributed by atoms with Gasteiger partial charge in [0.05, 0.1) is 22.8 Å². The summed E-state index contributed by atoms with van der Waals surface area (Å²) >= 11 is 0. The van der Waals surface area contributed by atoms with Crippen LogP contribution in [0.15, 0.2) is 48.5 Å². The van der Waals surface area contributed by atoms with Gasteiger partial charge in [0.25, 0.3) is 5.69 Å². The third-order valence-electron chi connectivity index (χ3n) is 3.12. The Morgan fingerprint density at radius 2 is 1.91 bits per heavy atom. The van der Waals surface area contributed by atoms with Gasteiger partial charge in [-0.1, -0.05) is 36.4 Å². The minimum atomic E-state index is -0.475. The molecular formula is C16H16N2O4. The van der Waals surface area contributed by atoms with E-state index in [9.17, 15) is 14.9 Å². The SMILES string of the molecule is Cc1c(NC(=O)COCc2ccccc2)cccc1[N+](=O)[O-]. The van der Waals surface area contributed by atoms with Crippen LogP contribution < -0.4 is 5.32 Å². The monoisotopic (exact) mass is 300 g/mol. The molecule has 0 unspecified atom stereocenters. The maximum Gasteiger partial charge on any atom is 0.274 e. The van der Waals surface area contributed by atoms with Crippen molar-refractivity contribution in [2.24, 2.45) is 0 Å². The number of anilines is 1. The molecule has 114 valence electrons. The first kappa shape index (κ1) is 15.7. The van der Waals surface area contributed by atoms with Crippen LogP contribution in [-0.4, -0.2) is 17.4 Å². The highest BCUT2D eigenvalue weighted by molar-refractivity contribution is 5.93. The van der Waals surface area contributed by atoms with Gasteiger partial charge >= 0.3 is 0 Å². The number of nitrogens with zero attached hydrogens (tertiary/aromatic N) is 1. The number of ether oxygens (including phenoxy) is 1. The predicted octanol–water partition coefficient (Wildman–Crippen LogP) is 3.06. The molecule has 2 aromatic carbocycles. The molecule has 0 aromatic heterocycles. The van der Waals surface area contributed by atoms with Gasteiger partial charge < -0.3 is 10.1 Å². The number of nitro benzene ring substituents is 1. The van der Waals surface area contributed by atoms with Gasteiger partial charge in [-0.05, 0) is 18.6 Å². The normalized spacial score (nSPS) is 10.2. The zero-order valence-corrected chi connectivity index (χ0v) is 12.1. The van der Waals surface area contributed by atoms with Crippen LogP contribution >= 0.6 is 0 Å². The van der Waals surface area contributed by atoms with Gasteiger partial charge in [0.1, 0.15) is 6.61 Å². The quantitative estimate of drug-likeness (QED) is 0.656. The zero-order chi connectivity index (χ0) is 15.9. The van der Waals surface area contributed by atoms with Crippen LogP contribution in [0.4, 0.5) is 11.4 Å². The average molecular weight is 300 g/mol. The van der Waals surface area contributed by atoms with Crippen LogP contribution in [0.25, 0.3) is 0 Å². The largest absolute Gasteiger partial charge is 0.367 e. The molecule has 1 amide bonds. The van der Waals surface area contributed by atoms with E-state index in [4.69, 9.17) is 4.74 Å². The summed E-state index contributed by atoms with van der Waals surface area (Å²) in [5.74, 6) is -0.348. The number of carbonyl (C=O) groups is 1. The standard InChI is InChI=1S/C16H16N2O4/c1-12-14(8-5-9-15(12)18(20)21)17-16(19)11-22-10-13-6-3-2-4-7-13/h2-9H,10-11H2,1H3,(H,17,19). The predicted molar refractivity (Wildman–Crippen MR) is 82.6 cm³/mol. The second-order valence-electron chi connectivity index (χ2n) is 4.73.